The van der Waals surface area contributed by atoms with Crippen molar-refractivity contribution in [2.45, 2.75) is 13.8 Å². The lowest BCUT2D eigenvalue weighted by atomic mass is 9.93. The van der Waals surface area contributed by atoms with E-state index in [1.807, 2.05) is 109 Å². The van der Waals surface area contributed by atoms with Gasteiger partial charge < -0.3 is 9.13 Å². The van der Waals surface area contributed by atoms with Gasteiger partial charge in [0.2, 0.25) is 0 Å². The number of aryl methyl sites for hydroxylation is 2. The highest BCUT2D eigenvalue weighted by molar-refractivity contribution is 6.14. The molecule has 7 nitrogen and oxygen atoms in total. The van der Waals surface area contributed by atoms with Crippen LogP contribution in [0.1, 0.15) is 22.3 Å². The van der Waals surface area contributed by atoms with Crippen molar-refractivity contribution < 1.29 is 0 Å². The molecule has 0 unspecified atom stereocenters. The van der Waals surface area contributed by atoms with Crippen LogP contribution in [0.15, 0.2) is 224 Å². The Hall–Kier alpha value is -11.5. The van der Waals surface area contributed by atoms with Crippen LogP contribution in [-0.2, 0) is 0 Å². The number of hydrogen-bond donors (Lipinski definition) is 0. The summed E-state index contributed by atoms with van der Waals surface area (Å²) in [6.45, 7) is 28.4. The topological polar surface area (TPSA) is 70.5 Å². The molecule has 0 saturated heterocycles. The van der Waals surface area contributed by atoms with Crippen molar-refractivity contribution in [2.24, 2.45) is 0 Å². The summed E-state index contributed by atoms with van der Waals surface area (Å²) in [4.78, 5) is 11.6. The van der Waals surface area contributed by atoms with Gasteiger partial charge in [0.15, 0.2) is 17.1 Å². The van der Waals surface area contributed by atoms with Gasteiger partial charge >= 0.3 is 0 Å². The van der Waals surface area contributed by atoms with Crippen molar-refractivity contribution in [3.8, 4) is 90.3 Å². The van der Waals surface area contributed by atoms with Crippen LogP contribution in [-0.4, -0.2) is 9.13 Å². The molecular weight excluding hydrogens is 975 g/mol. The smallest absolute Gasteiger partial charge is 0.197 e. The van der Waals surface area contributed by atoms with Crippen LogP contribution < -0.4 is 0 Å². The van der Waals surface area contributed by atoms with Crippen LogP contribution in [0.3, 0.4) is 0 Å². The first-order valence-corrected chi connectivity index (χ1v) is 26.1. The van der Waals surface area contributed by atoms with Crippen molar-refractivity contribution in [1.29, 1.82) is 10.5 Å². The summed E-state index contributed by atoms with van der Waals surface area (Å²) in [5.74, 6) is 0. The fraction of sp³-hybridized carbons (Fsp3) is 0.0274. The minimum atomic E-state index is 0.496. The van der Waals surface area contributed by atoms with Gasteiger partial charge in [0.25, 0.3) is 0 Å². The van der Waals surface area contributed by atoms with Crippen LogP contribution in [0.2, 0.25) is 0 Å². The molecular formula is C73H43N7. The third-order valence-corrected chi connectivity index (χ3v) is 15.3. The Morgan fingerprint density at radius 2 is 0.700 bits per heavy atom. The molecule has 0 aliphatic carbocycles. The van der Waals surface area contributed by atoms with Crippen molar-refractivity contribution in [1.82, 2.24) is 9.13 Å². The predicted molar refractivity (Wildman–Crippen MR) is 325 cm³/mol. The monoisotopic (exact) mass is 1020 g/mol. The molecule has 0 bridgehead atoms. The summed E-state index contributed by atoms with van der Waals surface area (Å²) in [6, 6.07) is 80.8. The van der Waals surface area contributed by atoms with Gasteiger partial charge in [-0.25, -0.2) is 14.5 Å². The number of rotatable bonds is 8. The van der Waals surface area contributed by atoms with Crippen molar-refractivity contribution in [3.05, 3.63) is 281 Å². The lowest BCUT2D eigenvalue weighted by Gasteiger charge is -2.21. The van der Waals surface area contributed by atoms with Gasteiger partial charge in [-0.15, -0.1) is 0 Å². The van der Waals surface area contributed by atoms with E-state index >= 15 is 0 Å². The zero-order chi connectivity index (χ0) is 54.6. The van der Waals surface area contributed by atoms with Gasteiger partial charge in [0, 0.05) is 32.8 Å². The molecule has 0 aliphatic heterocycles. The summed E-state index contributed by atoms with van der Waals surface area (Å²) in [7, 11) is 0. The normalized spacial score (nSPS) is 11.1. The third-order valence-electron chi connectivity index (χ3n) is 15.3. The Balaban J connectivity index is 1.11. The molecule has 11 aromatic carbocycles. The quantitative estimate of drug-likeness (QED) is 0.142. The molecule has 0 spiro atoms. The Morgan fingerprint density at radius 1 is 0.338 bits per heavy atom. The number of benzene rings is 11. The first kappa shape index (κ1) is 48.1. The molecule has 0 N–H and O–H groups in total. The molecule has 0 atom stereocenters. The molecule has 2 aromatic heterocycles. The maximum Gasteiger partial charge on any atom is 0.197 e. The molecule has 0 amide bonds. The largest absolute Gasteiger partial charge is 0.310 e. The van der Waals surface area contributed by atoms with Gasteiger partial charge in [-0.05, 0) is 166 Å². The van der Waals surface area contributed by atoms with Gasteiger partial charge in [-0.1, -0.05) is 145 Å². The average Bonchev–Trinajstić information content (AvgIpc) is 4.03. The SMILES string of the molecule is [C-]#[N+]c1ccc(-c2ccc3c(c2)c2cc(-c4ccc(C#N)cc4)ccc2n3-c2ccc(-c3cc(C)cc(C)c3)cc2-c2c([N+]#[C-])cccc2-n2c3ccc(-c4ccc(C#N)cc4)cc3c3cc(-c4ccc([N+]#[C-])cc4)ccc32)cc1. The van der Waals surface area contributed by atoms with Crippen LogP contribution in [0.5, 0.6) is 0 Å². The zero-order valence-corrected chi connectivity index (χ0v) is 43.5. The fourth-order valence-electron chi connectivity index (χ4n) is 11.6. The summed E-state index contributed by atoms with van der Waals surface area (Å²) in [5, 5.41) is 23.4. The first-order valence-electron chi connectivity index (χ1n) is 26.1. The Labute approximate surface area is 463 Å². The molecule has 0 radical (unpaired) electrons. The van der Waals surface area contributed by atoms with E-state index in [0.29, 0.717) is 28.2 Å². The molecule has 0 saturated carbocycles. The molecule has 80 heavy (non-hydrogen) atoms. The Bertz CT molecular complexity index is 4670. The van der Waals surface area contributed by atoms with Crippen LogP contribution in [0.4, 0.5) is 17.1 Å². The van der Waals surface area contributed by atoms with E-state index < -0.39 is 0 Å². The number of nitrogens with zero attached hydrogens (tertiary/aromatic N) is 7. The second kappa shape index (κ2) is 19.6. The summed E-state index contributed by atoms with van der Waals surface area (Å²) in [5.41, 5.74) is 22.5. The van der Waals surface area contributed by atoms with Gasteiger partial charge in [-0.2, -0.15) is 10.5 Å². The molecule has 2 heterocycles. The lowest BCUT2D eigenvalue weighted by molar-refractivity contribution is 1.16. The molecule has 7 heteroatoms. The number of fused-ring (bicyclic) bond motifs is 6. The summed E-state index contributed by atoms with van der Waals surface area (Å²) >= 11 is 0. The average molecular weight is 1020 g/mol. The van der Waals surface area contributed by atoms with Gasteiger partial charge in [0.05, 0.1) is 70.7 Å². The molecule has 13 aromatic rings. The maximum atomic E-state index is 9.65. The minimum absolute atomic E-state index is 0.496. The Morgan fingerprint density at radius 3 is 1.09 bits per heavy atom. The second-order valence-electron chi connectivity index (χ2n) is 20.2. The number of hydrogen-bond acceptors (Lipinski definition) is 2. The fourth-order valence-corrected chi connectivity index (χ4v) is 11.6. The molecule has 0 fully saturated rings. The van der Waals surface area contributed by atoms with Crippen LogP contribution >= 0.6 is 0 Å². The highest BCUT2D eigenvalue weighted by Crippen LogP contribution is 2.48. The van der Waals surface area contributed by atoms with Gasteiger partial charge in [0.1, 0.15) is 0 Å². The van der Waals surface area contributed by atoms with E-state index in [2.05, 4.69) is 165 Å². The standard InChI is InChI=1S/C73H43N7/c1-45-35-46(2)37-58(36-45)57-25-34-71(79-67-30-21-53(49-13-9-47(43-74)10-14-49)38-61(67)62-40-55(22-31-68(62)79)51-17-26-59(76-3)27-18-51)65(42-57)73-66(78-5)7-6-8-72(73)80-69-32-23-54(50-15-11-48(44-75)12-16-50)39-63(69)64-41-56(24-33-70(64)80)52-19-28-60(77-4)29-20-52/h6-42H,1-2H3. The lowest BCUT2D eigenvalue weighted by Crippen LogP contribution is -2.02. The minimum Gasteiger partial charge on any atom is -0.310 e. The molecule has 370 valence electrons. The van der Waals surface area contributed by atoms with Crippen LogP contribution in [0.25, 0.3) is 136 Å². The summed E-state index contributed by atoms with van der Waals surface area (Å²) in [6.07, 6.45) is 0. The predicted octanol–water partition coefficient (Wildman–Crippen LogP) is 19.9. The maximum absolute atomic E-state index is 9.65. The van der Waals surface area contributed by atoms with E-state index in [4.69, 9.17) is 19.7 Å². The zero-order valence-electron chi connectivity index (χ0n) is 43.5. The van der Waals surface area contributed by atoms with E-state index in [0.717, 1.165) is 133 Å². The first-order chi connectivity index (χ1) is 39.2. The van der Waals surface area contributed by atoms with Crippen molar-refractivity contribution in [2.75, 3.05) is 0 Å². The highest BCUT2D eigenvalue weighted by Gasteiger charge is 2.25. The van der Waals surface area contributed by atoms with Crippen molar-refractivity contribution in [3.63, 3.8) is 0 Å². The number of aromatic nitrogens is 2. The van der Waals surface area contributed by atoms with Crippen LogP contribution in [0, 0.1) is 56.2 Å². The molecule has 0 aliphatic rings. The number of nitriles is 2. The van der Waals surface area contributed by atoms with Gasteiger partial charge in [-0.3, -0.25) is 0 Å². The summed E-state index contributed by atoms with van der Waals surface area (Å²) < 4.78 is 4.64. The Kier molecular flexibility index (Phi) is 11.8. The van der Waals surface area contributed by atoms with E-state index in [1.165, 1.54) is 0 Å². The van der Waals surface area contributed by atoms with Crippen molar-refractivity contribution >= 4 is 60.7 Å². The van der Waals surface area contributed by atoms with E-state index in [-0.39, 0.29) is 0 Å². The van der Waals surface area contributed by atoms with E-state index in [1.54, 1.807) is 0 Å². The molecule has 13 rings (SSSR count). The second-order valence-corrected chi connectivity index (χ2v) is 20.2. The third kappa shape index (κ3) is 8.28. The van der Waals surface area contributed by atoms with E-state index in [9.17, 15) is 10.5 Å². The highest BCUT2D eigenvalue weighted by atomic mass is 15.0.